The highest BCUT2D eigenvalue weighted by molar-refractivity contribution is 5.83. The first-order valence-electron chi connectivity index (χ1n) is 28.7. The molecule has 0 radical (unpaired) electrons. The summed E-state index contributed by atoms with van der Waals surface area (Å²) in [7, 11) is 0. The predicted octanol–water partition coefficient (Wildman–Crippen LogP) is 7.30. The van der Waals surface area contributed by atoms with Gasteiger partial charge in [-0.3, -0.25) is 47.9 Å². The molecule has 24 heteroatoms. The molecule has 6 rings (SSSR count). The Morgan fingerprint density at radius 2 is 0.807 bits per heavy atom. The van der Waals surface area contributed by atoms with Crippen LogP contribution >= 0.6 is 0 Å². The molecule has 0 spiro atoms. The first-order chi connectivity index (χ1) is 38.5. The van der Waals surface area contributed by atoms with Crippen molar-refractivity contribution in [1.29, 1.82) is 0 Å². The van der Waals surface area contributed by atoms with E-state index in [9.17, 15) is 57.5 Å². The van der Waals surface area contributed by atoms with Gasteiger partial charge in [-0.2, -0.15) is 0 Å². The van der Waals surface area contributed by atoms with Gasteiger partial charge in [0.2, 0.25) is 12.2 Å². The van der Waals surface area contributed by atoms with Crippen LogP contribution < -0.4 is 0 Å². The van der Waals surface area contributed by atoms with E-state index in [1.54, 1.807) is 41.5 Å². The first-order valence-corrected chi connectivity index (χ1v) is 28.7. The topological polar surface area (TPSA) is 316 Å². The smallest absolute Gasteiger partial charge is 0.347 e. The lowest BCUT2D eigenvalue weighted by atomic mass is 9.90. The summed E-state index contributed by atoms with van der Waals surface area (Å²) < 4.78 is 59.1. The standard InChI is InChI=1S/C11H18O4.3C10H16O4.2C9H14O4/c1-5-10(2,3)9(13)15-11(4)6-8(12)14-7-11;1-4-10(2,3)9(12)14-7-5-8(11)13-6-7;1-4-7(2)9(12)14-10(3)5-8(11)13-6-10;1-4-10(2,3)9(12)14-7-5-6-13-8(7)11;1-3-6(2)9(11)13-7-4-8(10)12-5-7;1-3-6(2)8(10)13-7-4-5-12-9(7)11/h5-7H2,1-4H3;3*7H,4-6H2,1-3H3;2*6-7H,3-5H2,1-2H3. The van der Waals surface area contributed by atoms with E-state index < -0.39 is 51.6 Å². The third-order valence-electron chi connectivity index (χ3n) is 14.6. The van der Waals surface area contributed by atoms with Crippen LogP contribution in [0.15, 0.2) is 0 Å². The van der Waals surface area contributed by atoms with Crippen LogP contribution in [0.3, 0.4) is 0 Å². The van der Waals surface area contributed by atoms with Crippen molar-refractivity contribution < 1.29 is 114 Å². The monoisotopic (exact) mass is 1190 g/mol. The summed E-state index contributed by atoms with van der Waals surface area (Å²) in [5, 5.41) is 0. The fourth-order valence-electron chi connectivity index (χ4n) is 6.49. The molecule has 6 aliphatic heterocycles. The average molecular weight is 1190 g/mol. The van der Waals surface area contributed by atoms with Crippen molar-refractivity contribution >= 4 is 71.6 Å². The van der Waals surface area contributed by atoms with Crippen molar-refractivity contribution in [3.8, 4) is 0 Å². The minimum atomic E-state index is -0.777. The maximum Gasteiger partial charge on any atom is 0.347 e. The zero-order chi connectivity index (χ0) is 63.7. The van der Waals surface area contributed by atoms with Gasteiger partial charge in [-0.15, -0.1) is 0 Å². The summed E-state index contributed by atoms with van der Waals surface area (Å²) in [5.41, 5.74) is -3.04. The molecule has 0 amide bonds. The van der Waals surface area contributed by atoms with E-state index in [0.29, 0.717) is 45.3 Å². The Hall–Kier alpha value is -6.36. The van der Waals surface area contributed by atoms with Gasteiger partial charge in [0.15, 0.2) is 11.2 Å². The lowest BCUT2D eigenvalue weighted by Gasteiger charge is -2.27. The molecule has 0 N–H and O–H groups in total. The van der Waals surface area contributed by atoms with Gasteiger partial charge in [-0.05, 0) is 93.9 Å². The van der Waals surface area contributed by atoms with E-state index in [1.807, 2.05) is 76.2 Å². The molecule has 9 unspecified atom stereocenters. The van der Waals surface area contributed by atoms with Crippen molar-refractivity contribution in [3.63, 3.8) is 0 Å². The lowest BCUT2D eigenvalue weighted by molar-refractivity contribution is -0.169. The number of esters is 12. The van der Waals surface area contributed by atoms with Crippen molar-refractivity contribution in [1.82, 2.24) is 0 Å². The predicted molar refractivity (Wildman–Crippen MR) is 293 cm³/mol. The Bertz CT molecular complexity index is 2230. The number of cyclic esters (lactones) is 6. The van der Waals surface area contributed by atoms with Crippen LogP contribution in [0.5, 0.6) is 0 Å². The molecule has 474 valence electrons. The van der Waals surface area contributed by atoms with Crippen LogP contribution in [0.25, 0.3) is 0 Å². The molecule has 83 heavy (non-hydrogen) atoms. The highest BCUT2D eigenvalue weighted by atomic mass is 16.6. The number of hydrogen-bond donors (Lipinski definition) is 0. The molecule has 0 aliphatic carbocycles. The van der Waals surface area contributed by atoms with Gasteiger partial charge < -0.3 is 56.8 Å². The molecule has 6 aliphatic rings. The Kier molecular flexibility index (Phi) is 31.0. The molecule has 9 atom stereocenters. The summed E-state index contributed by atoms with van der Waals surface area (Å²) >= 11 is 0. The molecular formula is C59H94O24. The summed E-state index contributed by atoms with van der Waals surface area (Å²) in [4.78, 5) is 134. The molecule has 0 aromatic carbocycles. The van der Waals surface area contributed by atoms with Gasteiger partial charge in [0.05, 0.1) is 72.9 Å². The van der Waals surface area contributed by atoms with Crippen LogP contribution in [0.1, 0.15) is 195 Å². The Balaban J connectivity index is 0.000000498. The van der Waals surface area contributed by atoms with Crippen LogP contribution in [-0.2, 0) is 114 Å². The zero-order valence-corrected chi connectivity index (χ0v) is 52.1. The molecular weight excluding hydrogens is 1090 g/mol. The molecule has 0 aromatic heterocycles. The van der Waals surface area contributed by atoms with Crippen LogP contribution in [0.2, 0.25) is 0 Å². The molecule has 6 heterocycles. The van der Waals surface area contributed by atoms with Gasteiger partial charge >= 0.3 is 71.6 Å². The number of carbonyl (C=O) groups is 12. The summed E-state index contributed by atoms with van der Waals surface area (Å²) in [6.07, 6.45) is 3.87. The van der Waals surface area contributed by atoms with Gasteiger partial charge in [0.25, 0.3) is 0 Å². The second-order valence-electron chi connectivity index (χ2n) is 23.6. The van der Waals surface area contributed by atoms with Gasteiger partial charge in [0, 0.05) is 12.8 Å². The Morgan fingerprint density at radius 3 is 1.14 bits per heavy atom. The number of ether oxygens (including phenoxy) is 12. The van der Waals surface area contributed by atoms with E-state index >= 15 is 0 Å². The molecule has 0 bridgehead atoms. The normalized spacial score (nSPS) is 24.4. The minimum absolute atomic E-state index is 0.101. The average Bonchev–Trinajstić information content (AvgIpc) is 4.36. The van der Waals surface area contributed by atoms with Gasteiger partial charge in [0.1, 0.15) is 38.6 Å². The van der Waals surface area contributed by atoms with E-state index in [0.717, 1.165) is 19.3 Å². The van der Waals surface area contributed by atoms with Gasteiger partial charge in [-0.1, -0.05) is 62.3 Å². The van der Waals surface area contributed by atoms with Crippen molar-refractivity contribution in [2.45, 2.75) is 230 Å². The van der Waals surface area contributed by atoms with E-state index in [-0.39, 0.29) is 142 Å². The number of hydrogen-bond acceptors (Lipinski definition) is 24. The Morgan fingerprint density at radius 1 is 0.458 bits per heavy atom. The van der Waals surface area contributed by atoms with Crippen LogP contribution in [0, 0.1) is 34.0 Å². The fourth-order valence-corrected chi connectivity index (χ4v) is 6.49. The molecule has 6 saturated heterocycles. The highest BCUT2D eigenvalue weighted by Gasteiger charge is 2.43. The fraction of sp³-hybridized carbons (Fsp3) is 0.797. The van der Waals surface area contributed by atoms with Crippen molar-refractivity contribution in [2.75, 3.05) is 39.6 Å². The van der Waals surface area contributed by atoms with Crippen molar-refractivity contribution in [2.24, 2.45) is 34.0 Å². The molecule has 0 saturated carbocycles. The quantitative estimate of drug-likeness (QED) is 0.0959. The summed E-state index contributed by atoms with van der Waals surface area (Å²) in [6, 6.07) is 0. The molecule has 24 nitrogen and oxygen atoms in total. The van der Waals surface area contributed by atoms with E-state index in [2.05, 4.69) is 9.47 Å². The highest BCUT2D eigenvalue weighted by Crippen LogP contribution is 2.31. The second-order valence-corrected chi connectivity index (χ2v) is 23.6. The van der Waals surface area contributed by atoms with Crippen LogP contribution in [0.4, 0.5) is 0 Å². The van der Waals surface area contributed by atoms with E-state index in [1.165, 1.54) is 0 Å². The number of rotatable bonds is 18. The Labute approximate surface area is 488 Å². The third kappa shape index (κ3) is 26.4. The van der Waals surface area contributed by atoms with E-state index in [4.69, 9.17) is 47.4 Å². The maximum atomic E-state index is 11.8. The maximum absolute atomic E-state index is 11.8. The van der Waals surface area contributed by atoms with Gasteiger partial charge in [-0.25, -0.2) is 9.59 Å². The first kappa shape index (κ1) is 74.7. The van der Waals surface area contributed by atoms with Crippen molar-refractivity contribution in [3.05, 3.63) is 0 Å². The lowest BCUT2D eigenvalue weighted by Crippen LogP contribution is -2.38. The summed E-state index contributed by atoms with van der Waals surface area (Å²) in [6.45, 7) is 32.7. The number of carbonyl (C=O) groups excluding carboxylic acids is 12. The SMILES string of the molecule is CCC(C)(C)C(=O)OC1(C)COC(=O)C1.CCC(C)(C)C(=O)OC1CCOC1=O.CCC(C)(C)C(=O)OC1COC(=O)C1.CCC(C)C(=O)OC1(C)COC(=O)C1.CCC(C)C(=O)OC1CCOC1=O.CCC(C)C(=O)OC1COC(=O)C1. The van der Waals surface area contributed by atoms with Crippen LogP contribution in [-0.4, -0.2) is 147 Å². The largest absolute Gasteiger partial charge is 0.463 e. The summed E-state index contributed by atoms with van der Waals surface area (Å²) in [5.74, 6) is -4.08. The zero-order valence-electron chi connectivity index (χ0n) is 52.1. The minimum Gasteiger partial charge on any atom is -0.463 e. The molecule has 0 aromatic rings. The third-order valence-corrected chi connectivity index (χ3v) is 14.6. The second kappa shape index (κ2) is 34.4. The molecule has 6 fully saturated rings.